The van der Waals surface area contributed by atoms with Gasteiger partial charge >= 0.3 is 12.1 Å². The third-order valence-electron chi connectivity index (χ3n) is 5.88. The van der Waals surface area contributed by atoms with Crippen LogP contribution in [0.25, 0.3) is 11.1 Å². The summed E-state index contributed by atoms with van der Waals surface area (Å²) in [5.41, 5.74) is 5.10. The summed E-state index contributed by atoms with van der Waals surface area (Å²) in [6.45, 7) is 0.463. The number of rotatable bonds is 9. The fourth-order valence-electron chi connectivity index (χ4n) is 4.26. The highest BCUT2D eigenvalue weighted by molar-refractivity contribution is 5.84. The predicted molar refractivity (Wildman–Crippen MR) is 127 cm³/mol. The molecule has 3 N–H and O–H groups in total. The number of amides is 2. The minimum absolute atomic E-state index is 0.0186. The number of ether oxygens (including phenoxy) is 1. The van der Waals surface area contributed by atoms with Crippen molar-refractivity contribution in [1.29, 1.82) is 0 Å². The molecule has 0 aromatic heterocycles. The van der Waals surface area contributed by atoms with E-state index < -0.39 is 24.0 Å². The molecule has 0 fully saturated rings. The van der Waals surface area contributed by atoms with Gasteiger partial charge in [-0.25, -0.2) is 9.59 Å². The van der Waals surface area contributed by atoms with Crippen LogP contribution in [-0.4, -0.2) is 36.2 Å². The van der Waals surface area contributed by atoms with Crippen LogP contribution in [0.5, 0.6) is 0 Å². The van der Waals surface area contributed by atoms with Crippen molar-refractivity contribution >= 4 is 18.0 Å². The van der Waals surface area contributed by atoms with Gasteiger partial charge < -0.3 is 20.5 Å². The molecule has 3 aromatic carbocycles. The molecule has 4 rings (SSSR count). The zero-order valence-electron chi connectivity index (χ0n) is 18.6. The summed E-state index contributed by atoms with van der Waals surface area (Å²) < 4.78 is 5.47. The maximum absolute atomic E-state index is 12.2. The van der Waals surface area contributed by atoms with Crippen molar-refractivity contribution in [3.63, 3.8) is 0 Å². The zero-order chi connectivity index (χ0) is 23.9. The van der Waals surface area contributed by atoms with Crippen LogP contribution >= 0.6 is 0 Å². The Labute approximate surface area is 197 Å². The Kier molecular flexibility index (Phi) is 7.22. The van der Waals surface area contributed by atoms with E-state index in [0.717, 1.165) is 22.3 Å². The summed E-state index contributed by atoms with van der Waals surface area (Å²) in [5.74, 6) is -1.54. The van der Waals surface area contributed by atoms with Gasteiger partial charge in [0.15, 0.2) is 6.04 Å². The Hall–Kier alpha value is -4.13. The van der Waals surface area contributed by atoms with Crippen molar-refractivity contribution in [3.8, 4) is 11.1 Å². The van der Waals surface area contributed by atoms with E-state index in [2.05, 4.69) is 34.9 Å². The third-order valence-corrected chi connectivity index (χ3v) is 5.88. The third kappa shape index (κ3) is 5.26. The first-order valence-electron chi connectivity index (χ1n) is 11.2. The lowest BCUT2D eigenvalue weighted by molar-refractivity contribution is -0.142. The van der Waals surface area contributed by atoms with E-state index in [4.69, 9.17) is 4.74 Å². The standard InChI is InChI=1S/C27H26N2O5/c30-24(29-25(26(31)32)18-9-2-1-3-10-18)15-8-16-28-27(33)34-17-23-21-13-6-4-11-19(21)20-12-5-7-14-22(20)23/h1-7,9-14,23,25H,8,15-17H2,(H,28,33)(H,29,30)(H,31,32)/t25-/m0/s1. The smallest absolute Gasteiger partial charge is 0.407 e. The number of alkyl carbamates (subject to hydrolysis) is 1. The molecule has 34 heavy (non-hydrogen) atoms. The summed E-state index contributed by atoms with van der Waals surface area (Å²) in [4.78, 5) is 35.9. The maximum Gasteiger partial charge on any atom is 0.407 e. The SMILES string of the molecule is O=C(CCCNC(=O)OCC1c2ccccc2-c2ccccc21)N[C@H](C(=O)O)c1ccccc1. The topological polar surface area (TPSA) is 105 Å². The number of hydrogen-bond donors (Lipinski definition) is 3. The average molecular weight is 459 g/mol. The van der Waals surface area contributed by atoms with Crippen LogP contribution in [0.15, 0.2) is 78.9 Å². The molecular weight excluding hydrogens is 432 g/mol. The van der Waals surface area contributed by atoms with E-state index in [1.165, 1.54) is 0 Å². The molecule has 7 heteroatoms. The number of carbonyl (C=O) groups excluding carboxylic acids is 2. The molecule has 0 aliphatic heterocycles. The van der Waals surface area contributed by atoms with Gasteiger partial charge in [0.05, 0.1) is 0 Å². The van der Waals surface area contributed by atoms with Crippen LogP contribution in [0.4, 0.5) is 4.79 Å². The first-order valence-corrected chi connectivity index (χ1v) is 11.2. The van der Waals surface area contributed by atoms with Crippen molar-refractivity contribution in [2.75, 3.05) is 13.2 Å². The average Bonchev–Trinajstić information content (AvgIpc) is 3.18. The molecule has 1 aliphatic carbocycles. The van der Waals surface area contributed by atoms with E-state index in [0.29, 0.717) is 12.0 Å². The molecule has 0 bridgehead atoms. The largest absolute Gasteiger partial charge is 0.479 e. The molecule has 0 saturated heterocycles. The van der Waals surface area contributed by atoms with Gasteiger partial charge in [-0.15, -0.1) is 0 Å². The molecular formula is C27H26N2O5. The van der Waals surface area contributed by atoms with Crippen molar-refractivity contribution < 1.29 is 24.2 Å². The lowest BCUT2D eigenvalue weighted by atomic mass is 9.98. The van der Waals surface area contributed by atoms with E-state index in [-0.39, 0.29) is 25.5 Å². The van der Waals surface area contributed by atoms with Gasteiger partial charge in [0.2, 0.25) is 5.91 Å². The normalized spacial score (nSPS) is 12.8. The highest BCUT2D eigenvalue weighted by Gasteiger charge is 2.29. The van der Waals surface area contributed by atoms with Crippen LogP contribution in [0.2, 0.25) is 0 Å². The number of nitrogens with one attached hydrogen (secondary N) is 2. The van der Waals surface area contributed by atoms with E-state index >= 15 is 0 Å². The van der Waals surface area contributed by atoms with E-state index in [9.17, 15) is 19.5 Å². The van der Waals surface area contributed by atoms with Crippen LogP contribution in [0.1, 0.15) is 41.5 Å². The minimum Gasteiger partial charge on any atom is -0.479 e. The van der Waals surface area contributed by atoms with Crippen LogP contribution in [-0.2, 0) is 14.3 Å². The quantitative estimate of drug-likeness (QED) is 0.416. The van der Waals surface area contributed by atoms with Crippen molar-refractivity contribution in [2.45, 2.75) is 24.8 Å². The highest BCUT2D eigenvalue weighted by Crippen LogP contribution is 2.44. The van der Waals surface area contributed by atoms with E-state index in [1.807, 2.05) is 24.3 Å². The molecule has 0 saturated carbocycles. The highest BCUT2D eigenvalue weighted by atomic mass is 16.5. The van der Waals surface area contributed by atoms with Gasteiger partial charge in [0.1, 0.15) is 6.61 Å². The Morgan fingerprint density at radius 1 is 0.853 bits per heavy atom. The second-order valence-corrected chi connectivity index (χ2v) is 8.11. The molecule has 7 nitrogen and oxygen atoms in total. The number of aliphatic carboxylic acids is 1. The van der Waals surface area contributed by atoms with Crippen molar-refractivity contribution in [3.05, 3.63) is 95.6 Å². The first kappa shape index (κ1) is 23.0. The second kappa shape index (κ2) is 10.7. The Bertz CT molecular complexity index is 1130. The number of carboxylic acid groups (broad SMARTS) is 1. The first-order chi connectivity index (χ1) is 16.5. The molecule has 0 radical (unpaired) electrons. The molecule has 174 valence electrons. The summed E-state index contributed by atoms with van der Waals surface area (Å²) in [6, 6.07) is 23.6. The molecule has 0 unspecified atom stereocenters. The molecule has 1 aliphatic rings. The van der Waals surface area contributed by atoms with Gasteiger partial charge in [-0.05, 0) is 34.2 Å². The van der Waals surface area contributed by atoms with Gasteiger partial charge in [0.25, 0.3) is 0 Å². The predicted octanol–water partition coefficient (Wildman–Crippen LogP) is 4.25. The Morgan fingerprint density at radius 3 is 2.06 bits per heavy atom. The number of benzene rings is 3. The van der Waals surface area contributed by atoms with Crippen LogP contribution in [0.3, 0.4) is 0 Å². The summed E-state index contributed by atoms with van der Waals surface area (Å²) in [7, 11) is 0. The zero-order valence-corrected chi connectivity index (χ0v) is 18.6. The Balaban J connectivity index is 1.22. The maximum atomic E-state index is 12.2. The molecule has 0 spiro atoms. The van der Waals surface area contributed by atoms with Crippen molar-refractivity contribution in [1.82, 2.24) is 10.6 Å². The van der Waals surface area contributed by atoms with Crippen LogP contribution < -0.4 is 10.6 Å². The lowest BCUT2D eigenvalue weighted by Crippen LogP contribution is -2.34. The van der Waals surface area contributed by atoms with E-state index in [1.54, 1.807) is 30.3 Å². The fraction of sp³-hybridized carbons (Fsp3) is 0.222. The van der Waals surface area contributed by atoms with Crippen LogP contribution in [0, 0.1) is 0 Å². The number of carboxylic acids is 1. The van der Waals surface area contributed by atoms with Gasteiger partial charge in [-0.2, -0.15) is 0 Å². The van der Waals surface area contributed by atoms with Crippen molar-refractivity contribution in [2.24, 2.45) is 0 Å². The fourth-order valence-corrected chi connectivity index (χ4v) is 4.26. The monoisotopic (exact) mass is 458 g/mol. The number of hydrogen-bond acceptors (Lipinski definition) is 4. The van der Waals surface area contributed by atoms with Gasteiger partial charge in [-0.1, -0.05) is 78.9 Å². The van der Waals surface area contributed by atoms with Gasteiger partial charge in [0, 0.05) is 18.9 Å². The minimum atomic E-state index is -1.13. The Morgan fingerprint density at radius 2 is 1.44 bits per heavy atom. The van der Waals surface area contributed by atoms with Gasteiger partial charge in [-0.3, -0.25) is 4.79 Å². The summed E-state index contributed by atoms with van der Waals surface area (Å²) in [5, 5.41) is 14.6. The molecule has 2 amide bonds. The summed E-state index contributed by atoms with van der Waals surface area (Å²) >= 11 is 0. The molecule has 3 aromatic rings. The second-order valence-electron chi connectivity index (χ2n) is 8.11. The summed E-state index contributed by atoms with van der Waals surface area (Å²) in [6.07, 6.45) is -0.104. The number of fused-ring (bicyclic) bond motifs is 3. The molecule has 0 heterocycles. The molecule has 1 atom stereocenters. The lowest BCUT2D eigenvalue weighted by Gasteiger charge is -2.15. The number of carbonyl (C=O) groups is 3.